The van der Waals surface area contributed by atoms with Crippen LogP contribution in [0, 0.1) is 24.0 Å². The molecule has 0 aliphatic heterocycles. The molecule has 0 saturated heterocycles. The number of benzene rings is 2. The molecule has 0 spiro atoms. The molecule has 0 fully saturated rings. The smallest absolute Gasteiger partial charge is 0.292 e. The molecule has 2 rings (SSSR count). The van der Waals surface area contributed by atoms with Crippen molar-refractivity contribution in [3.05, 3.63) is 63.2 Å². The molecule has 0 radical (unpaired) electrons. The minimum absolute atomic E-state index is 0.0910. The van der Waals surface area contributed by atoms with Crippen molar-refractivity contribution in [2.45, 2.75) is 20.5 Å². The lowest BCUT2D eigenvalue weighted by atomic mass is 10.1. The van der Waals surface area contributed by atoms with Crippen LogP contribution in [0.25, 0.3) is 0 Å². The van der Waals surface area contributed by atoms with Crippen LogP contribution < -0.4 is 10.5 Å². The van der Waals surface area contributed by atoms with E-state index in [-0.39, 0.29) is 18.0 Å². The van der Waals surface area contributed by atoms with Crippen LogP contribution in [-0.2, 0) is 6.61 Å². The minimum atomic E-state index is -0.490. The summed E-state index contributed by atoms with van der Waals surface area (Å²) < 4.78 is 5.69. The van der Waals surface area contributed by atoms with Gasteiger partial charge in [-0.05, 0) is 37.1 Å². The number of nitrogens with zero attached hydrogens (tertiary/aromatic N) is 1. The van der Waals surface area contributed by atoms with Gasteiger partial charge in [0.15, 0.2) is 0 Å². The van der Waals surface area contributed by atoms with Crippen molar-refractivity contribution in [3.8, 4) is 5.75 Å². The van der Waals surface area contributed by atoms with Crippen LogP contribution in [0.5, 0.6) is 5.75 Å². The molecule has 0 saturated carbocycles. The van der Waals surface area contributed by atoms with Gasteiger partial charge in [-0.15, -0.1) is 0 Å². The van der Waals surface area contributed by atoms with Crippen LogP contribution in [0.1, 0.15) is 16.7 Å². The Kier molecular flexibility index (Phi) is 3.89. The molecule has 5 heteroatoms. The van der Waals surface area contributed by atoms with Crippen molar-refractivity contribution in [2.75, 3.05) is 5.73 Å². The first kappa shape index (κ1) is 13.9. The summed E-state index contributed by atoms with van der Waals surface area (Å²) in [6.45, 7) is 4.25. The number of anilines is 1. The topological polar surface area (TPSA) is 78.4 Å². The summed E-state index contributed by atoms with van der Waals surface area (Å²) in [5, 5.41) is 10.8. The Morgan fingerprint density at radius 2 is 1.95 bits per heavy atom. The van der Waals surface area contributed by atoms with Gasteiger partial charge < -0.3 is 10.5 Å². The molecule has 0 aliphatic carbocycles. The number of nitro groups is 1. The maximum Gasteiger partial charge on any atom is 0.292 e. The first-order valence-electron chi connectivity index (χ1n) is 6.20. The quantitative estimate of drug-likeness (QED) is 0.525. The molecule has 0 amide bonds. The molecule has 5 nitrogen and oxygen atoms in total. The summed E-state index contributed by atoms with van der Waals surface area (Å²) in [6, 6.07) is 10.6. The van der Waals surface area contributed by atoms with Gasteiger partial charge in [-0.1, -0.05) is 23.8 Å². The fourth-order valence-electron chi connectivity index (χ4n) is 1.96. The zero-order valence-electron chi connectivity index (χ0n) is 11.4. The molecule has 0 unspecified atom stereocenters. The third-order valence-corrected chi connectivity index (χ3v) is 3.02. The van der Waals surface area contributed by atoms with E-state index < -0.39 is 4.92 Å². The van der Waals surface area contributed by atoms with Crippen molar-refractivity contribution in [1.29, 1.82) is 0 Å². The van der Waals surface area contributed by atoms with Crippen molar-refractivity contribution >= 4 is 11.4 Å². The molecule has 0 aromatic heterocycles. The highest BCUT2D eigenvalue weighted by atomic mass is 16.6. The first-order chi connectivity index (χ1) is 9.47. The minimum Gasteiger partial charge on any atom is -0.489 e. The zero-order chi connectivity index (χ0) is 14.7. The molecule has 2 N–H and O–H groups in total. The van der Waals surface area contributed by atoms with Crippen LogP contribution in [0.15, 0.2) is 36.4 Å². The highest BCUT2D eigenvalue weighted by molar-refractivity contribution is 5.59. The van der Waals surface area contributed by atoms with E-state index in [1.54, 1.807) is 6.07 Å². The van der Waals surface area contributed by atoms with Gasteiger partial charge in [-0.2, -0.15) is 0 Å². The van der Waals surface area contributed by atoms with E-state index in [0.29, 0.717) is 5.56 Å². The van der Waals surface area contributed by atoms with E-state index in [1.165, 1.54) is 12.1 Å². The van der Waals surface area contributed by atoms with Crippen LogP contribution in [0.2, 0.25) is 0 Å². The molecule has 104 valence electrons. The summed E-state index contributed by atoms with van der Waals surface area (Å²) in [5.74, 6) is 0.773. The second kappa shape index (κ2) is 5.61. The van der Waals surface area contributed by atoms with Gasteiger partial charge in [-0.3, -0.25) is 10.1 Å². The Balaban J connectivity index is 2.15. The number of hydrogen-bond acceptors (Lipinski definition) is 4. The van der Waals surface area contributed by atoms with E-state index >= 15 is 0 Å². The van der Waals surface area contributed by atoms with E-state index in [4.69, 9.17) is 10.5 Å². The van der Waals surface area contributed by atoms with E-state index in [2.05, 4.69) is 0 Å². The molecular weight excluding hydrogens is 256 g/mol. The van der Waals surface area contributed by atoms with Crippen molar-refractivity contribution < 1.29 is 9.66 Å². The summed E-state index contributed by atoms with van der Waals surface area (Å²) >= 11 is 0. The SMILES string of the molecule is Cc1ccc(OCc2ccc(N)c([N+](=O)[O-])c2)c(C)c1. The largest absolute Gasteiger partial charge is 0.489 e. The van der Waals surface area contributed by atoms with Crippen LogP contribution in [-0.4, -0.2) is 4.92 Å². The maximum atomic E-state index is 10.8. The van der Waals surface area contributed by atoms with Gasteiger partial charge in [0.1, 0.15) is 18.0 Å². The average Bonchev–Trinajstić information content (AvgIpc) is 2.39. The number of aryl methyl sites for hydroxylation is 2. The first-order valence-corrected chi connectivity index (χ1v) is 6.20. The lowest BCUT2D eigenvalue weighted by Crippen LogP contribution is -2.00. The number of rotatable bonds is 4. The monoisotopic (exact) mass is 272 g/mol. The Labute approximate surface area is 117 Å². The molecule has 2 aromatic carbocycles. The van der Waals surface area contributed by atoms with Gasteiger partial charge in [0.2, 0.25) is 0 Å². The highest BCUT2D eigenvalue weighted by Crippen LogP contribution is 2.24. The van der Waals surface area contributed by atoms with E-state index in [0.717, 1.165) is 16.9 Å². The number of nitrogen functional groups attached to an aromatic ring is 1. The fourth-order valence-corrected chi connectivity index (χ4v) is 1.96. The third kappa shape index (κ3) is 3.06. The Morgan fingerprint density at radius 3 is 2.60 bits per heavy atom. The predicted molar refractivity (Wildman–Crippen MR) is 77.8 cm³/mol. The van der Waals surface area contributed by atoms with Crippen molar-refractivity contribution in [2.24, 2.45) is 0 Å². The molecule has 0 heterocycles. The maximum absolute atomic E-state index is 10.8. The average molecular weight is 272 g/mol. The second-order valence-corrected chi connectivity index (χ2v) is 4.71. The fraction of sp³-hybridized carbons (Fsp3) is 0.200. The Morgan fingerprint density at radius 1 is 1.20 bits per heavy atom. The highest BCUT2D eigenvalue weighted by Gasteiger charge is 2.12. The predicted octanol–water partition coefficient (Wildman–Crippen LogP) is 3.37. The zero-order valence-corrected chi connectivity index (χ0v) is 11.4. The molecular formula is C15H16N2O3. The standard InChI is InChI=1S/C15H16N2O3/c1-10-3-6-15(11(2)7-10)20-9-12-4-5-13(16)14(8-12)17(18)19/h3-8H,9,16H2,1-2H3. The van der Waals surface area contributed by atoms with Crippen LogP contribution in [0.3, 0.4) is 0 Å². The molecule has 20 heavy (non-hydrogen) atoms. The summed E-state index contributed by atoms with van der Waals surface area (Å²) in [5.41, 5.74) is 8.54. The normalized spacial score (nSPS) is 10.3. The van der Waals surface area contributed by atoms with Crippen molar-refractivity contribution in [3.63, 3.8) is 0 Å². The van der Waals surface area contributed by atoms with E-state index in [9.17, 15) is 10.1 Å². The molecule has 0 bridgehead atoms. The summed E-state index contributed by atoms with van der Waals surface area (Å²) in [6.07, 6.45) is 0. The molecule has 0 aliphatic rings. The lowest BCUT2D eigenvalue weighted by Gasteiger charge is -2.10. The third-order valence-electron chi connectivity index (χ3n) is 3.02. The van der Waals surface area contributed by atoms with Gasteiger partial charge in [0, 0.05) is 6.07 Å². The van der Waals surface area contributed by atoms with E-state index in [1.807, 2.05) is 32.0 Å². The summed E-state index contributed by atoms with van der Waals surface area (Å²) in [7, 11) is 0. The Bertz CT molecular complexity index is 654. The van der Waals surface area contributed by atoms with Crippen molar-refractivity contribution in [1.82, 2.24) is 0 Å². The molecule has 2 aromatic rings. The summed E-state index contributed by atoms with van der Waals surface area (Å²) in [4.78, 5) is 10.3. The molecule has 0 atom stereocenters. The second-order valence-electron chi connectivity index (χ2n) is 4.71. The Hall–Kier alpha value is -2.56. The number of ether oxygens (including phenoxy) is 1. The van der Waals surface area contributed by atoms with Gasteiger partial charge in [-0.25, -0.2) is 0 Å². The number of nitro benzene ring substituents is 1. The number of nitrogens with two attached hydrogens (primary N) is 1. The van der Waals surface area contributed by atoms with Crippen LogP contribution in [0.4, 0.5) is 11.4 Å². The van der Waals surface area contributed by atoms with Gasteiger partial charge >= 0.3 is 0 Å². The number of hydrogen-bond donors (Lipinski definition) is 1. The van der Waals surface area contributed by atoms with Crippen LogP contribution >= 0.6 is 0 Å². The lowest BCUT2D eigenvalue weighted by molar-refractivity contribution is -0.384. The van der Waals surface area contributed by atoms with Gasteiger partial charge in [0.25, 0.3) is 5.69 Å². The van der Waals surface area contributed by atoms with Gasteiger partial charge in [0.05, 0.1) is 4.92 Å².